The molecule has 0 aliphatic heterocycles. The molecule has 98 valence electrons. The maximum atomic E-state index is 11.4. The Morgan fingerprint density at radius 1 is 1.61 bits per heavy atom. The van der Waals surface area contributed by atoms with Gasteiger partial charge in [-0.2, -0.15) is 0 Å². The lowest BCUT2D eigenvalue weighted by Gasteiger charge is -2.10. The second-order valence-electron chi connectivity index (χ2n) is 3.62. The fourth-order valence-electron chi connectivity index (χ4n) is 1.28. The highest BCUT2D eigenvalue weighted by atomic mass is 79.9. The van der Waals surface area contributed by atoms with Crippen LogP contribution in [0.5, 0.6) is 0 Å². The number of hydrogen-bond donors (Lipinski definition) is 1. The molecule has 1 atom stereocenters. The first-order valence-corrected chi connectivity index (χ1v) is 6.10. The Balaban J connectivity index is 2.84. The molecule has 0 spiro atoms. The topological polar surface area (TPSA) is 95.5 Å². The smallest absolute Gasteiger partial charge is 0.323 e. The van der Waals surface area contributed by atoms with Crippen LogP contribution in [0.15, 0.2) is 22.7 Å². The second-order valence-corrected chi connectivity index (χ2v) is 4.47. The van der Waals surface area contributed by atoms with Gasteiger partial charge in [0.05, 0.1) is 10.5 Å². The standard InChI is InChI=1S/C11H13BrN2O4/c1-2-9(13)11(15)18-6-7-8(12)4-3-5-10(7)14(16)17/h3-5,9H,2,6,13H2,1H3. The zero-order chi connectivity index (χ0) is 13.7. The van der Waals surface area contributed by atoms with Gasteiger partial charge in [-0.05, 0) is 12.5 Å². The van der Waals surface area contributed by atoms with Crippen LogP contribution in [0.25, 0.3) is 0 Å². The summed E-state index contributed by atoms with van der Waals surface area (Å²) in [7, 11) is 0. The summed E-state index contributed by atoms with van der Waals surface area (Å²) >= 11 is 3.19. The lowest BCUT2D eigenvalue weighted by molar-refractivity contribution is -0.385. The van der Waals surface area contributed by atoms with Gasteiger partial charge in [0.2, 0.25) is 0 Å². The van der Waals surface area contributed by atoms with Crippen molar-refractivity contribution in [2.45, 2.75) is 26.0 Å². The number of nitrogens with zero attached hydrogens (tertiary/aromatic N) is 1. The van der Waals surface area contributed by atoms with Gasteiger partial charge in [0.25, 0.3) is 5.69 Å². The highest BCUT2D eigenvalue weighted by Crippen LogP contribution is 2.27. The number of carbonyl (C=O) groups is 1. The van der Waals surface area contributed by atoms with Crippen molar-refractivity contribution in [3.63, 3.8) is 0 Å². The molecule has 1 aromatic carbocycles. The van der Waals surface area contributed by atoms with Crippen LogP contribution < -0.4 is 5.73 Å². The quantitative estimate of drug-likeness (QED) is 0.510. The molecule has 0 heterocycles. The molecule has 0 aliphatic rings. The largest absolute Gasteiger partial charge is 0.459 e. The Kier molecular flexibility index (Phi) is 5.24. The molecule has 1 rings (SSSR count). The van der Waals surface area contributed by atoms with Gasteiger partial charge in [0.1, 0.15) is 12.6 Å². The number of nitrogens with two attached hydrogens (primary N) is 1. The number of benzene rings is 1. The van der Waals surface area contributed by atoms with Crippen molar-refractivity contribution in [3.8, 4) is 0 Å². The van der Waals surface area contributed by atoms with Gasteiger partial charge < -0.3 is 10.5 Å². The molecule has 2 N–H and O–H groups in total. The first-order chi connectivity index (χ1) is 8.47. The Morgan fingerprint density at radius 3 is 2.83 bits per heavy atom. The maximum absolute atomic E-state index is 11.4. The zero-order valence-corrected chi connectivity index (χ0v) is 11.3. The number of esters is 1. The minimum atomic E-state index is -0.702. The predicted molar refractivity (Wildman–Crippen MR) is 68.9 cm³/mol. The summed E-state index contributed by atoms with van der Waals surface area (Å²) in [5, 5.41) is 10.8. The van der Waals surface area contributed by atoms with Gasteiger partial charge in [-0.3, -0.25) is 14.9 Å². The molecule has 1 aromatic rings. The van der Waals surface area contributed by atoms with Gasteiger partial charge in [-0.15, -0.1) is 0 Å². The molecule has 0 amide bonds. The molecule has 0 saturated carbocycles. The number of nitro benzene ring substituents is 1. The lowest BCUT2D eigenvalue weighted by atomic mass is 10.2. The van der Waals surface area contributed by atoms with Crippen LogP contribution in [0, 0.1) is 10.1 Å². The highest BCUT2D eigenvalue weighted by molar-refractivity contribution is 9.10. The van der Waals surface area contributed by atoms with Gasteiger partial charge in [-0.25, -0.2) is 0 Å². The zero-order valence-electron chi connectivity index (χ0n) is 9.76. The fourth-order valence-corrected chi connectivity index (χ4v) is 1.75. The Labute approximate surface area is 112 Å². The van der Waals surface area contributed by atoms with Crippen LogP contribution >= 0.6 is 15.9 Å². The third-order valence-electron chi connectivity index (χ3n) is 2.39. The molecular formula is C11H13BrN2O4. The molecule has 1 unspecified atom stereocenters. The number of hydrogen-bond acceptors (Lipinski definition) is 5. The van der Waals surface area contributed by atoms with E-state index in [1.54, 1.807) is 19.1 Å². The summed E-state index contributed by atoms with van der Waals surface area (Å²) in [4.78, 5) is 21.7. The van der Waals surface area contributed by atoms with Crippen molar-refractivity contribution in [3.05, 3.63) is 38.3 Å². The van der Waals surface area contributed by atoms with Crippen LogP contribution in [-0.2, 0) is 16.1 Å². The lowest BCUT2D eigenvalue weighted by Crippen LogP contribution is -2.31. The summed E-state index contributed by atoms with van der Waals surface area (Å²) in [6.07, 6.45) is 0.455. The van der Waals surface area contributed by atoms with E-state index in [2.05, 4.69) is 15.9 Å². The van der Waals surface area contributed by atoms with E-state index in [9.17, 15) is 14.9 Å². The molecular weight excluding hydrogens is 304 g/mol. The fraction of sp³-hybridized carbons (Fsp3) is 0.364. The van der Waals surface area contributed by atoms with Crippen molar-refractivity contribution in [2.75, 3.05) is 0 Å². The maximum Gasteiger partial charge on any atom is 0.323 e. The molecule has 7 heteroatoms. The van der Waals surface area contributed by atoms with Gasteiger partial charge >= 0.3 is 5.97 Å². The van der Waals surface area contributed by atoms with Crippen molar-refractivity contribution in [2.24, 2.45) is 5.73 Å². The van der Waals surface area contributed by atoms with E-state index in [0.29, 0.717) is 16.5 Å². The van der Waals surface area contributed by atoms with Crippen molar-refractivity contribution >= 4 is 27.6 Å². The van der Waals surface area contributed by atoms with Crippen LogP contribution in [0.3, 0.4) is 0 Å². The molecule has 0 bridgehead atoms. The summed E-state index contributed by atoms with van der Waals surface area (Å²) in [5.74, 6) is -0.567. The Bertz CT molecular complexity index is 464. The van der Waals surface area contributed by atoms with E-state index in [0.717, 1.165) is 0 Å². The molecule has 6 nitrogen and oxygen atoms in total. The third-order valence-corrected chi connectivity index (χ3v) is 3.14. The van der Waals surface area contributed by atoms with Gasteiger partial charge in [-0.1, -0.05) is 28.9 Å². The number of halogens is 1. The summed E-state index contributed by atoms with van der Waals surface area (Å²) in [6.45, 7) is 1.58. The second kappa shape index (κ2) is 6.46. The third kappa shape index (κ3) is 3.51. The number of rotatable bonds is 5. The van der Waals surface area contributed by atoms with E-state index in [1.165, 1.54) is 6.07 Å². The van der Waals surface area contributed by atoms with Crippen LogP contribution in [0.1, 0.15) is 18.9 Å². The van der Waals surface area contributed by atoms with Crippen LogP contribution in [0.2, 0.25) is 0 Å². The minimum absolute atomic E-state index is 0.0951. The molecule has 18 heavy (non-hydrogen) atoms. The van der Waals surface area contributed by atoms with E-state index in [1.807, 2.05) is 0 Å². The summed E-state index contributed by atoms with van der Waals surface area (Å²) in [5.41, 5.74) is 5.72. The first kappa shape index (κ1) is 14.6. The van der Waals surface area contributed by atoms with Crippen molar-refractivity contribution in [1.29, 1.82) is 0 Å². The van der Waals surface area contributed by atoms with E-state index >= 15 is 0 Å². The SMILES string of the molecule is CCC(N)C(=O)OCc1c(Br)cccc1[N+](=O)[O-]. The molecule has 0 saturated heterocycles. The van der Waals surface area contributed by atoms with Crippen LogP contribution in [0.4, 0.5) is 5.69 Å². The summed E-state index contributed by atoms with van der Waals surface area (Å²) in [6, 6.07) is 3.85. The van der Waals surface area contributed by atoms with Crippen LogP contribution in [-0.4, -0.2) is 16.9 Å². The van der Waals surface area contributed by atoms with Gasteiger partial charge in [0, 0.05) is 10.5 Å². The molecule has 0 aliphatic carbocycles. The number of ether oxygens (including phenoxy) is 1. The Hall–Kier alpha value is -1.47. The average molecular weight is 317 g/mol. The summed E-state index contributed by atoms with van der Waals surface area (Å²) < 4.78 is 5.48. The van der Waals surface area contributed by atoms with Crippen molar-refractivity contribution < 1.29 is 14.5 Å². The van der Waals surface area contributed by atoms with Gasteiger partial charge in [0.15, 0.2) is 0 Å². The number of nitro groups is 1. The van der Waals surface area contributed by atoms with E-state index < -0.39 is 16.9 Å². The van der Waals surface area contributed by atoms with Crippen molar-refractivity contribution in [1.82, 2.24) is 0 Å². The Morgan fingerprint density at radius 2 is 2.28 bits per heavy atom. The highest BCUT2D eigenvalue weighted by Gasteiger charge is 2.19. The predicted octanol–water partition coefficient (Wildman–Crippen LogP) is 2.14. The first-order valence-electron chi connectivity index (χ1n) is 5.31. The molecule has 0 aromatic heterocycles. The normalized spacial score (nSPS) is 11.9. The molecule has 0 fully saturated rings. The molecule has 0 radical (unpaired) electrons. The average Bonchev–Trinajstić information content (AvgIpc) is 2.35. The minimum Gasteiger partial charge on any atom is -0.459 e. The monoisotopic (exact) mass is 316 g/mol. The van der Waals surface area contributed by atoms with E-state index in [-0.39, 0.29) is 12.3 Å². The number of carbonyl (C=O) groups excluding carboxylic acids is 1. The van der Waals surface area contributed by atoms with E-state index in [4.69, 9.17) is 10.5 Å².